The molecule has 1 N–H and O–H groups in total. The monoisotopic (exact) mass is 542 g/mol. The number of thioether (sulfide) groups is 1. The van der Waals surface area contributed by atoms with Crippen LogP contribution in [0.4, 0.5) is 4.39 Å². The van der Waals surface area contributed by atoms with Gasteiger partial charge in [0.1, 0.15) is 11.9 Å². The molecule has 2 amide bonds. The van der Waals surface area contributed by atoms with Gasteiger partial charge in [0.05, 0.1) is 5.75 Å². The third-order valence-electron chi connectivity index (χ3n) is 5.30. The molecule has 1 unspecified atom stereocenters. The minimum Gasteiger partial charge on any atom is -0.355 e. The van der Waals surface area contributed by atoms with E-state index in [1.54, 1.807) is 17.0 Å². The van der Waals surface area contributed by atoms with Crippen molar-refractivity contribution in [2.24, 2.45) is 0 Å². The van der Waals surface area contributed by atoms with Gasteiger partial charge >= 0.3 is 0 Å². The number of benzene rings is 3. The number of hydrogen-bond acceptors (Lipinski definition) is 3. The molecule has 0 heterocycles. The van der Waals surface area contributed by atoms with E-state index in [9.17, 15) is 14.0 Å². The predicted molar refractivity (Wildman–Crippen MR) is 140 cm³/mol. The summed E-state index contributed by atoms with van der Waals surface area (Å²) in [6, 6.07) is 23.2. The molecule has 0 aliphatic rings. The van der Waals surface area contributed by atoms with E-state index >= 15 is 0 Å². The first-order valence-electron chi connectivity index (χ1n) is 11.1. The van der Waals surface area contributed by atoms with Gasteiger partial charge in [0.2, 0.25) is 11.8 Å². The Morgan fingerprint density at radius 3 is 2.24 bits per heavy atom. The van der Waals surface area contributed by atoms with Crippen molar-refractivity contribution in [2.75, 3.05) is 12.3 Å². The van der Waals surface area contributed by atoms with E-state index in [1.807, 2.05) is 61.5 Å². The molecule has 34 heavy (non-hydrogen) atoms. The molecule has 178 valence electrons. The van der Waals surface area contributed by atoms with Crippen LogP contribution in [0.5, 0.6) is 0 Å². The summed E-state index contributed by atoms with van der Waals surface area (Å²) in [4.78, 5) is 28.2. The maximum atomic E-state index is 13.5. The van der Waals surface area contributed by atoms with E-state index < -0.39 is 6.04 Å². The number of nitrogens with zero attached hydrogens (tertiary/aromatic N) is 1. The highest BCUT2D eigenvalue weighted by Crippen LogP contribution is 2.20. The summed E-state index contributed by atoms with van der Waals surface area (Å²) in [5.41, 5.74) is 2.89. The zero-order chi connectivity index (χ0) is 24.3. The zero-order valence-electron chi connectivity index (χ0n) is 19.0. The SMILES string of the molecule is CCNC(=O)C(Cc1ccccc1)N(Cc1ccc(Br)cc1)C(=O)CSCc1ccc(F)cc1. The van der Waals surface area contributed by atoms with Crippen molar-refractivity contribution in [1.82, 2.24) is 10.2 Å². The molecule has 0 saturated heterocycles. The standard InChI is InChI=1S/C27H28BrFN2O2S/c1-2-30-27(33)25(16-20-6-4-3-5-7-20)31(17-21-8-12-23(28)13-9-21)26(32)19-34-18-22-10-14-24(29)15-11-22/h3-15,25H,2,16-19H2,1H3,(H,30,33). The Labute approximate surface area is 213 Å². The van der Waals surface area contributed by atoms with Crippen LogP contribution in [0.3, 0.4) is 0 Å². The summed E-state index contributed by atoms with van der Waals surface area (Å²) in [5.74, 6) is 0.250. The normalized spacial score (nSPS) is 11.6. The lowest BCUT2D eigenvalue weighted by atomic mass is 10.0. The molecule has 0 aliphatic carbocycles. The molecule has 3 aromatic rings. The highest BCUT2D eigenvalue weighted by atomic mass is 79.9. The summed E-state index contributed by atoms with van der Waals surface area (Å²) in [6.07, 6.45) is 0.428. The van der Waals surface area contributed by atoms with E-state index in [2.05, 4.69) is 21.2 Å². The zero-order valence-corrected chi connectivity index (χ0v) is 21.4. The Morgan fingerprint density at radius 1 is 0.941 bits per heavy atom. The molecule has 0 radical (unpaired) electrons. The van der Waals surface area contributed by atoms with Gasteiger partial charge in [-0.05, 0) is 47.9 Å². The fraction of sp³-hybridized carbons (Fsp3) is 0.259. The van der Waals surface area contributed by atoms with Crippen LogP contribution in [-0.2, 0) is 28.3 Å². The van der Waals surface area contributed by atoms with Crippen LogP contribution in [-0.4, -0.2) is 35.1 Å². The first-order chi connectivity index (χ1) is 16.5. The van der Waals surface area contributed by atoms with Gasteiger partial charge in [-0.15, -0.1) is 11.8 Å². The summed E-state index contributed by atoms with van der Waals surface area (Å²) in [5, 5.41) is 2.90. The van der Waals surface area contributed by atoms with Crippen LogP contribution in [0.25, 0.3) is 0 Å². The van der Waals surface area contributed by atoms with Crippen molar-refractivity contribution >= 4 is 39.5 Å². The Bertz CT molecular complexity index is 1060. The van der Waals surface area contributed by atoms with Crippen LogP contribution >= 0.6 is 27.7 Å². The molecule has 0 saturated carbocycles. The summed E-state index contributed by atoms with van der Waals surface area (Å²) in [7, 11) is 0. The smallest absolute Gasteiger partial charge is 0.243 e. The van der Waals surface area contributed by atoms with Gasteiger partial charge in [0, 0.05) is 29.7 Å². The molecule has 3 aromatic carbocycles. The quantitative estimate of drug-likeness (QED) is 0.343. The lowest BCUT2D eigenvalue weighted by molar-refractivity contribution is -0.139. The average molecular weight is 544 g/mol. The second-order valence-corrected chi connectivity index (χ2v) is 9.77. The number of rotatable bonds is 11. The summed E-state index contributed by atoms with van der Waals surface area (Å²) >= 11 is 4.90. The second-order valence-electron chi connectivity index (χ2n) is 7.87. The van der Waals surface area contributed by atoms with Gasteiger partial charge in [0.25, 0.3) is 0 Å². The summed E-state index contributed by atoms with van der Waals surface area (Å²) in [6.45, 7) is 2.69. The number of carbonyl (C=O) groups excluding carboxylic acids is 2. The molecular formula is C27H28BrFN2O2S. The van der Waals surface area contributed by atoms with Crippen molar-refractivity contribution < 1.29 is 14.0 Å². The topological polar surface area (TPSA) is 49.4 Å². The van der Waals surface area contributed by atoms with Gasteiger partial charge in [-0.25, -0.2) is 4.39 Å². The van der Waals surface area contributed by atoms with Gasteiger partial charge < -0.3 is 10.2 Å². The maximum Gasteiger partial charge on any atom is 0.243 e. The Morgan fingerprint density at radius 2 is 1.59 bits per heavy atom. The van der Waals surface area contributed by atoms with Crippen LogP contribution in [0.2, 0.25) is 0 Å². The first-order valence-corrected chi connectivity index (χ1v) is 13.1. The van der Waals surface area contributed by atoms with Crippen LogP contribution < -0.4 is 5.32 Å². The van der Waals surface area contributed by atoms with Gasteiger partial charge in [-0.3, -0.25) is 9.59 Å². The maximum absolute atomic E-state index is 13.5. The highest BCUT2D eigenvalue weighted by molar-refractivity contribution is 9.10. The second kappa shape index (κ2) is 13.3. The van der Waals surface area contributed by atoms with Crippen molar-refractivity contribution in [2.45, 2.75) is 31.7 Å². The Kier molecular flexibility index (Phi) is 10.2. The molecule has 0 aliphatic heterocycles. The largest absolute Gasteiger partial charge is 0.355 e. The third-order valence-corrected chi connectivity index (χ3v) is 6.81. The lowest BCUT2D eigenvalue weighted by Crippen LogP contribution is -2.51. The van der Waals surface area contributed by atoms with E-state index in [0.717, 1.165) is 21.2 Å². The minimum absolute atomic E-state index is 0.109. The minimum atomic E-state index is -0.634. The molecule has 1 atom stereocenters. The molecule has 0 bridgehead atoms. The third kappa shape index (κ3) is 7.99. The van der Waals surface area contributed by atoms with E-state index in [1.165, 1.54) is 23.9 Å². The van der Waals surface area contributed by atoms with Crippen molar-refractivity contribution in [3.63, 3.8) is 0 Å². The van der Waals surface area contributed by atoms with Crippen LogP contribution in [0.15, 0.2) is 83.3 Å². The number of hydrogen-bond donors (Lipinski definition) is 1. The Balaban J connectivity index is 1.81. The molecule has 0 spiro atoms. The van der Waals surface area contributed by atoms with Gasteiger partial charge in [-0.1, -0.05) is 70.5 Å². The number of halogens is 2. The van der Waals surface area contributed by atoms with Crippen LogP contribution in [0.1, 0.15) is 23.6 Å². The van der Waals surface area contributed by atoms with Crippen molar-refractivity contribution in [1.29, 1.82) is 0 Å². The number of nitrogens with one attached hydrogen (secondary N) is 1. The van der Waals surface area contributed by atoms with Crippen molar-refractivity contribution in [3.8, 4) is 0 Å². The molecule has 0 aromatic heterocycles. The van der Waals surface area contributed by atoms with E-state index in [4.69, 9.17) is 0 Å². The predicted octanol–water partition coefficient (Wildman–Crippen LogP) is 5.60. The molecular weight excluding hydrogens is 515 g/mol. The fourth-order valence-electron chi connectivity index (χ4n) is 3.55. The first kappa shape index (κ1) is 26.0. The van der Waals surface area contributed by atoms with Gasteiger partial charge in [-0.2, -0.15) is 0 Å². The Hall–Kier alpha value is -2.64. The lowest BCUT2D eigenvalue weighted by Gasteiger charge is -2.31. The molecule has 0 fully saturated rings. The molecule has 7 heteroatoms. The number of carbonyl (C=O) groups is 2. The van der Waals surface area contributed by atoms with Crippen LogP contribution in [0, 0.1) is 5.82 Å². The average Bonchev–Trinajstić information content (AvgIpc) is 2.84. The van der Waals surface area contributed by atoms with Crippen molar-refractivity contribution in [3.05, 3.63) is 106 Å². The van der Waals surface area contributed by atoms with E-state index in [0.29, 0.717) is 25.3 Å². The van der Waals surface area contributed by atoms with E-state index in [-0.39, 0.29) is 23.4 Å². The fourth-order valence-corrected chi connectivity index (χ4v) is 4.69. The van der Waals surface area contributed by atoms with Gasteiger partial charge in [0.15, 0.2) is 0 Å². The number of amides is 2. The highest BCUT2D eigenvalue weighted by Gasteiger charge is 2.30. The molecule has 4 nitrogen and oxygen atoms in total. The molecule has 3 rings (SSSR count). The number of likely N-dealkylation sites (N-methyl/N-ethyl adjacent to an activating group) is 1. The summed E-state index contributed by atoms with van der Waals surface area (Å²) < 4.78 is 14.1.